The number of hydrogen-bond acceptors (Lipinski definition) is 2. The van der Waals surface area contributed by atoms with E-state index in [1.54, 1.807) is 0 Å². The summed E-state index contributed by atoms with van der Waals surface area (Å²) in [5.74, 6) is 1.73. The molecule has 1 rings (SSSR count). The third-order valence-corrected chi connectivity index (χ3v) is 1.57. The number of hydrogen-bond donors (Lipinski definition) is 2. The van der Waals surface area contributed by atoms with Gasteiger partial charge in [-0.15, -0.1) is 0 Å². The highest BCUT2D eigenvalue weighted by Gasteiger charge is 2.49. The van der Waals surface area contributed by atoms with E-state index in [1.165, 1.54) is 0 Å². The van der Waals surface area contributed by atoms with E-state index >= 15 is 0 Å². The van der Waals surface area contributed by atoms with Gasteiger partial charge in [0.2, 0.25) is 0 Å². The number of carbonyl (C=O) groups is 2. The van der Waals surface area contributed by atoms with Gasteiger partial charge < -0.3 is 10.2 Å². The summed E-state index contributed by atoms with van der Waals surface area (Å²) in [6.45, 7) is 0. The molecule has 1 aliphatic rings. The molecule has 0 aliphatic heterocycles. The van der Waals surface area contributed by atoms with Crippen LogP contribution in [0.1, 0.15) is 12.8 Å². The Morgan fingerprint density at radius 1 is 1.27 bits per heavy atom. The number of carboxylic acid groups (broad SMARTS) is 2. The van der Waals surface area contributed by atoms with Crippen molar-refractivity contribution in [3.05, 3.63) is 0 Å². The summed E-state index contributed by atoms with van der Waals surface area (Å²) >= 11 is 0. The molecule has 0 aromatic heterocycles. The summed E-state index contributed by atoms with van der Waals surface area (Å²) in [6, 6.07) is 0. The maximum absolute atomic E-state index is 10.4. The minimum absolute atomic E-state index is 0.461. The van der Waals surface area contributed by atoms with E-state index < -0.39 is 17.4 Å². The molecule has 0 saturated heterocycles. The second-order valence-corrected chi connectivity index (χ2v) is 2.44. The molecule has 58 valence electrons. The Morgan fingerprint density at radius 2 is 1.82 bits per heavy atom. The van der Waals surface area contributed by atoms with Crippen LogP contribution in [0.3, 0.4) is 0 Å². The second-order valence-electron chi connectivity index (χ2n) is 2.44. The molecule has 0 spiro atoms. The van der Waals surface area contributed by atoms with Crippen molar-refractivity contribution in [2.75, 3.05) is 0 Å². The SMILES string of the molecule is O=C(O)C#CC1(C(=O)O)CC1. The molecule has 0 radical (unpaired) electrons. The average molecular weight is 154 g/mol. The quantitative estimate of drug-likeness (QED) is 0.519. The zero-order valence-corrected chi connectivity index (χ0v) is 5.63. The van der Waals surface area contributed by atoms with Gasteiger partial charge >= 0.3 is 11.9 Å². The van der Waals surface area contributed by atoms with E-state index in [0.29, 0.717) is 12.8 Å². The molecule has 0 unspecified atom stereocenters. The molecule has 1 aliphatic carbocycles. The van der Waals surface area contributed by atoms with E-state index in [1.807, 2.05) is 5.92 Å². The first-order chi connectivity index (χ1) is 5.07. The van der Waals surface area contributed by atoms with Crippen LogP contribution in [0.4, 0.5) is 0 Å². The molecular formula is C7H6O4. The number of rotatable bonds is 1. The highest BCUT2D eigenvalue weighted by atomic mass is 16.4. The van der Waals surface area contributed by atoms with Gasteiger partial charge in [0.1, 0.15) is 5.41 Å². The van der Waals surface area contributed by atoms with E-state index in [9.17, 15) is 9.59 Å². The minimum atomic E-state index is -1.28. The van der Waals surface area contributed by atoms with Gasteiger partial charge in [0, 0.05) is 5.92 Å². The Morgan fingerprint density at radius 3 is 2.09 bits per heavy atom. The van der Waals surface area contributed by atoms with Crippen molar-refractivity contribution in [2.24, 2.45) is 5.41 Å². The Balaban J connectivity index is 2.71. The maximum atomic E-state index is 10.4. The first kappa shape index (κ1) is 7.61. The van der Waals surface area contributed by atoms with Gasteiger partial charge in [0.25, 0.3) is 0 Å². The molecule has 2 N–H and O–H groups in total. The molecule has 4 nitrogen and oxygen atoms in total. The lowest BCUT2D eigenvalue weighted by Crippen LogP contribution is -2.12. The Labute approximate surface area is 62.8 Å². The van der Waals surface area contributed by atoms with Gasteiger partial charge in [-0.1, -0.05) is 5.92 Å². The predicted octanol–water partition coefficient (Wildman–Crippen LogP) is -0.0608. The first-order valence-electron chi connectivity index (χ1n) is 3.06. The fraction of sp³-hybridized carbons (Fsp3) is 0.429. The molecule has 0 amide bonds. The van der Waals surface area contributed by atoms with Crippen LogP contribution in [-0.2, 0) is 9.59 Å². The highest BCUT2D eigenvalue weighted by Crippen LogP contribution is 2.45. The fourth-order valence-electron chi connectivity index (χ4n) is 0.690. The van der Waals surface area contributed by atoms with Crippen LogP contribution in [0, 0.1) is 17.3 Å². The zero-order chi connectivity index (χ0) is 8.48. The van der Waals surface area contributed by atoms with Crippen molar-refractivity contribution in [2.45, 2.75) is 12.8 Å². The molecule has 4 heteroatoms. The van der Waals surface area contributed by atoms with E-state index in [2.05, 4.69) is 5.92 Å². The third-order valence-electron chi connectivity index (χ3n) is 1.57. The lowest BCUT2D eigenvalue weighted by atomic mass is 10.1. The Hall–Kier alpha value is -1.50. The second kappa shape index (κ2) is 2.27. The van der Waals surface area contributed by atoms with Crippen LogP contribution in [-0.4, -0.2) is 22.2 Å². The van der Waals surface area contributed by atoms with Crippen LogP contribution < -0.4 is 0 Å². The Kier molecular flexibility index (Phi) is 1.57. The molecule has 0 aromatic rings. The lowest BCUT2D eigenvalue weighted by Gasteiger charge is -1.95. The van der Waals surface area contributed by atoms with Crippen molar-refractivity contribution in [1.82, 2.24) is 0 Å². The molecule has 1 saturated carbocycles. The number of carboxylic acids is 2. The van der Waals surface area contributed by atoms with Crippen molar-refractivity contribution in [3.63, 3.8) is 0 Å². The minimum Gasteiger partial charge on any atom is -0.480 e. The monoisotopic (exact) mass is 154 g/mol. The highest BCUT2D eigenvalue weighted by molar-refractivity contribution is 5.90. The zero-order valence-electron chi connectivity index (χ0n) is 5.63. The van der Waals surface area contributed by atoms with Gasteiger partial charge in [-0.25, -0.2) is 4.79 Å². The predicted molar refractivity (Wildman–Crippen MR) is 34.7 cm³/mol. The molecule has 1 fully saturated rings. The summed E-state index contributed by atoms with van der Waals surface area (Å²) in [7, 11) is 0. The molecule has 11 heavy (non-hydrogen) atoms. The molecule has 0 atom stereocenters. The molecule has 0 heterocycles. The van der Waals surface area contributed by atoms with Crippen molar-refractivity contribution >= 4 is 11.9 Å². The summed E-state index contributed by atoms with van der Waals surface area (Å²) < 4.78 is 0. The van der Waals surface area contributed by atoms with Crippen molar-refractivity contribution in [1.29, 1.82) is 0 Å². The lowest BCUT2D eigenvalue weighted by molar-refractivity contribution is -0.141. The molecule has 0 aromatic carbocycles. The van der Waals surface area contributed by atoms with Gasteiger partial charge in [0.15, 0.2) is 0 Å². The van der Waals surface area contributed by atoms with Gasteiger partial charge in [-0.3, -0.25) is 4.79 Å². The summed E-state index contributed by atoms with van der Waals surface area (Å²) in [6.07, 6.45) is 0.922. The number of aliphatic carboxylic acids is 2. The van der Waals surface area contributed by atoms with E-state index in [-0.39, 0.29) is 0 Å². The Bertz CT molecular complexity index is 264. The third kappa shape index (κ3) is 1.49. The van der Waals surface area contributed by atoms with Crippen LogP contribution >= 0.6 is 0 Å². The van der Waals surface area contributed by atoms with Crippen LogP contribution in [0.5, 0.6) is 0 Å². The van der Waals surface area contributed by atoms with Crippen LogP contribution in [0.15, 0.2) is 0 Å². The average Bonchev–Trinajstić information content (AvgIpc) is 2.63. The van der Waals surface area contributed by atoms with Crippen LogP contribution in [0.2, 0.25) is 0 Å². The largest absolute Gasteiger partial charge is 0.480 e. The van der Waals surface area contributed by atoms with Gasteiger partial charge in [-0.05, 0) is 12.8 Å². The molecule has 0 bridgehead atoms. The topological polar surface area (TPSA) is 74.6 Å². The fourth-order valence-corrected chi connectivity index (χ4v) is 0.690. The van der Waals surface area contributed by atoms with Gasteiger partial charge in [-0.2, -0.15) is 0 Å². The van der Waals surface area contributed by atoms with Crippen molar-refractivity contribution in [3.8, 4) is 11.8 Å². The van der Waals surface area contributed by atoms with E-state index in [0.717, 1.165) is 0 Å². The summed E-state index contributed by atoms with van der Waals surface area (Å²) in [5.41, 5.74) is -1.04. The first-order valence-corrected chi connectivity index (χ1v) is 3.06. The molecular weight excluding hydrogens is 148 g/mol. The standard InChI is InChI=1S/C7H6O4/c8-5(9)1-2-7(3-4-7)6(10)11/h3-4H2,(H,8,9)(H,10,11). The normalized spacial score (nSPS) is 17.8. The van der Waals surface area contributed by atoms with Crippen molar-refractivity contribution < 1.29 is 19.8 Å². The van der Waals surface area contributed by atoms with Gasteiger partial charge in [0.05, 0.1) is 0 Å². The van der Waals surface area contributed by atoms with E-state index in [4.69, 9.17) is 10.2 Å². The summed E-state index contributed by atoms with van der Waals surface area (Å²) in [4.78, 5) is 20.3. The maximum Gasteiger partial charge on any atom is 0.381 e. The summed E-state index contributed by atoms with van der Waals surface area (Å²) in [5, 5.41) is 16.6. The smallest absolute Gasteiger partial charge is 0.381 e. The van der Waals surface area contributed by atoms with Crippen LogP contribution in [0.25, 0.3) is 0 Å².